The lowest BCUT2D eigenvalue weighted by Gasteiger charge is -2.19. The number of rotatable bonds is 2. The topological polar surface area (TPSA) is 26.0 Å². The third kappa shape index (κ3) is 2.41. The van der Waals surface area contributed by atoms with Crippen molar-refractivity contribution in [2.45, 2.75) is 26.8 Å². The molecule has 0 spiro atoms. The molecule has 2 N–H and O–H groups in total. The molecule has 0 heterocycles. The summed E-state index contributed by atoms with van der Waals surface area (Å²) in [5.74, 6) is 0.394. The van der Waals surface area contributed by atoms with Gasteiger partial charge in [0, 0.05) is 6.04 Å². The lowest BCUT2D eigenvalue weighted by atomic mass is 9.94. The lowest BCUT2D eigenvalue weighted by Crippen LogP contribution is -2.17. The van der Waals surface area contributed by atoms with Gasteiger partial charge in [0.25, 0.3) is 0 Å². The summed E-state index contributed by atoms with van der Waals surface area (Å²) in [4.78, 5) is 0. The van der Waals surface area contributed by atoms with Crippen molar-refractivity contribution >= 4 is 23.2 Å². The van der Waals surface area contributed by atoms with Crippen LogP contribution in [0.25, 0.3) is 0 Å². The average molecular weight is 232 g/mol. The Balaban J connectivity index is 3.15. The van der Waals surface area contributed by atoms with Gasteiger partial charge in [-0.05, 0) is 36.1 Å². The van der Waals surface area contributed by atoms with Crippen molar-refractivity contribution in [3.63, 3.8) is 0 Å². The first kappa shape index (κ1) is 11.8. The van der Waals surface area contributed by atoms with Crippen LogP contribution in [-0.2, 0) is 0 Å². The third-order valence-electron chi connectivity index (χ3n) is 2.39. The van der Waals surface area contributed by atoms with Crippen LogP contribution < -0.4 is 5.73 Å². The fourth-order valence-corrected chi connectivity index (χ4v) is 1.77. The standard InChI is InChI=1S/C11H15Cl2N/c1-6(2)11(14)8-5-10(13)9(12)4-7(8)3/h4-6,11H,14H2,1-3H3/t11-/m0/s1. The van der Waals surface area contributed by atoms with Crippen molar-refractivity contribution in [3.8, 4) is 0 Å². The van der Waals surface area contributed by atoms with Gasteiger partial charge in [0.05, 0.1) is 10.0 Å². The molecule has 0 amide bonds. The Kier molecular flexibility index (Phi) is 3.82. The van der Waals surface area contributed by atoms with Gasteiger partial charge in [-0.15, -0.1) is 0 Å². The minimum absolute atomic E-state index is 0.0183. The Hall–Kier alpha value is -0.240. The molecule has 3 heteroatoms. The lowest BCUT2D eigenvalue weighted by molar-refractivity contribution is 0.512. The zero-order chi connectivity index (χ0) is 10.9. The minimum atomic E-state index is 0.0183. The molecule has 0 radical (unpaired) electrons. The van der Waals surface area contributed by atoms with E-state index in [1.807, 2.05) is 19.1 Å². The Morgan fingerprint density at radius 3 is 2.14 bits per heavy atom. The van der Waals surface area contributed by atoms with Gasteiger partial charge < -0.3 is 5.73 Å². The molecule has 0 aliphatic heterocycles. The predicted molar refractivity (Wildman–Crippen MR) is 63.0 cm³/mol. The quantitative estimate of drug-likeness (QED) is 0.820. The highest BCUT2D eigenvalue weighted by Gasteiger charge is 2.14. The second-order valence-electron chi connectivity index (χ2n) is 3.89. The van der Waals surface area contributed by atoms with Gasteiger partial charge in [0.2, 0.25) is 0 Å². The summed E-state index contributed by atoms with van der Waals surface area (Å²) in [5, 5.41) is 1.16. The summed E-state index contributed by atoms with van der Waals surface area (Å²) in [6.07, 6.45) is 0. The molecule has 0 unspecified atom stereocenters. The minimum Gasteiger partial charge on any atom is -0.324 e. The molecule has 1 aromatic carbocycles. The number of hydrogen-bond acceptors (Lipinski definition) is 1. The molecule has 1 rings (SSSR count). The zero-order valence-corrected chi connectivity index (χ0v) is 10.2. The molecule has 14 heavy (non-hydrogen) atoms. The van der Waals surface area contributed by atoms with E-state index in [1.54, 1.807) is 0 Å². The van der Waals surface area contributed by atoms with Crippen LogP contribution in [-0.4, -0.2) is 0 Å². The van der Waals surface area contributed by atoms with Gasteiger partial charge in [-0.1, -0.05) is 37.0 Å². The van der Waals surface area contributed by atoms with Gasteiger partial charge in [-0.2, -0.15) is 0 Å². The number of halogens is 2. The number of benzene rings is 1. The van der Waals surface area contributed by atoms with Crippen molar-refractivity contribution in [1.29, 1.82) is 0 Å². The molecule has 0 aliphatic carbocycles. The SMILES string of the molecule is Cc1cc(Cl)c(Cl)cc1[C@@H](N)C(C)C. The van der Waals surface area contributed by atoms with E-state index >= 15 is 0 Å². The number of nitrogens with two attached hydrogens (primary N) is 1. The van der Waals surface area contributed by atoms with Gasteiger partial charge in [0.15, 0.2) is 0 Å². The smallest absolute Gasteiger partial charge is 0.0595 e. The first-order valence-corrected chi connectivity index (χ1v) is 5.40. The molecule has 1 aromatic rings. The largest absolute Gasteiger partial charge is 0.324 e. The maximum absolute atomic E-state index is 6.06. The Morgan fingerprint density at radius 2 is 1.64 bits per heavy atom. The summed E-state index contributed by atoms with van der Waals surface area (Å²) < 4.78 is 0. The van der Waals surface area contributed by atoms with E-state index in [9.17, 15) is 0 Å². The highest BCUT2D eigenvalue weighted by Crippen LogP contribution is 2.30. The molecule has 0 fully saturated rings. The molecular weight excluding hydrogens is 217 g/mol. The van der Waals surface area contributed by atoms with Crippen molar-refractivity contribution in [3.05, 3.63) is 33.3 Å². The molecule has 1 nitrogen and oxygen atoms in total. The second kappa shape index (κ2) is 4.52. The number of aryl methyl sites for hydroxylation is 1. The molecule has 0 saturated heterocycles. The molecule has 0 aromatic heterocycles. The normalized spacial score (nSPS) is 13.4. The average Bonchev–Trinajstić information content (AvgIpc) is 2.10. The monoisotopic (exact) mass is 231 g/mol. The van der Waals surface area contributed by atoms with Crippen LogP contribution in [0.5, 0.6) is 0 Å². The zero-order valence-electron chi connectivity index (χ0n) is 8.64. The summed E-state index contributed by atoms with van der Waals surface area (Å²) in [7, 11) is 0. The van der Waals surface area contributed by atoms with Crippen molar-refractivity contribution in [2.24, 2.45) is 11.7 Å². The molecule has 1 atom stereocenters. The molecule has 0 bridgehead atoms. The fraction of sp³-hybridized carbons (Fsp3) is 0.455. The molecular formula is C11H15Cl2N. The fourth-order valence-electron chi connectivity index (χ4n) is 1.38. The van der Waals surface area contributed by atoms with E-state index < -0.39 is 0 Å². The van der Waals surface area contributed by atoms with Gasteiger partial charge >= 0.3 is 0 Å². The Morgan fingerprint density at radius 1 is 1.14 bits per heavy atom. The van der Waals surface area contributed by atoms with E-state index in [-0.39, 0.29) is 6.04 Å². The van der Waals surface area contributed by atoms with Gasteiger partial charge in [-0.25, -0.2) is 0 Å². The van der Waals surface area contributed by atoms with Crippen LogP contribution in [0.1, 0.15) is 31.0 Å². The maximum Gasteiger partial charge on any atom is 0.0595 e. The van der Waals surface area contributed by atoms with E-state index in [4.69, 9.17) is 28.9 Å². The van der Waals surface area contributed by atoms with Crippen molar-refractivity contribution < 1.29 is 0 Å². The van der Waals surface area contributed by atoms with E-state index in [1.165, 1.54) is 0 Å². The van der Waals surface area contributed by atoms with Crippen LogP contribution in [0.2, 0.25) is 10.0 Å². The van der Waals surface area contributed by atoms with Gasteiger partial charge in [-0.3, -0.25) is 0 Å². The van der Waals surface area contributed by atoms with Crippen LogP contribution >= 0.6 is 23.2 Å². The number of hydrogen-bond donors (Lipinski definition) is 1. The summed E-state index contributed by atoms with van der Waals surface area (Å²) in [5.41, 5.74) is 8.23. The van der Waals surface area contributed by atoms with Crippen LogP contribution in [0.4, 0.5) is 0 Å². The Labute approximate surface area is 95.2 Å². The third-order valence-corrected chi connectivity index (χ3v) is 3.11. The molecule has 78 valence electrons. The summed E-state index contributed by atoms with van der Waals surface area (Å²) in [6, 6.07) is 3.75. The first-order chi connectivity index (χ1) is 6.43. The molecule has 0 aliphatic rings. The first-order valence-electron chi connectivity index (χ1n) is 4.64. The molecule has 0 saturated carbocycles. The van der Waals surface area contributed by atoms with Crippen LogP contribution in [0, 0.1) is 12.8 Å². The highest BCUT2D eigenvalue weighted by atomic mass is 35.5. The summed E-state index contributed by atoms with van der Waals surface area (Å²) in [6.45, 7) is 6.18. The van der Waals surface area contributed by atoms with E-state index in [2.05, 4.69) is 13.8 Å². The Bertz CT molecular complexity index is 334. The maximum atomic E-state index is 6.06. The predicted octanol–water partition coefficient (Wildman–Crippen LogP) is 3.96. The second-order valence-corrected chi connectivity index (χ2v) is 4.71. The van der Waals surface area contributed by atoms with Gasteiger partial charge in [0.1, 0.15) is 0 Å². The van der Waals surface area contributed by atoms with Crippen LogP contribution in [0.3, 0.4) is 0 Å². The van der Waals surface area contributed by atoms with Crippen molar-refractivity contribution in [1.82, 2.24) is 0 Å². The van der Waals surface area contributed by atoms with E-state index in [0.717, 1.165) is 11.1 Å². The van der Waals surface area contributed by atoms with Crippen molar-refractivity contribution in [2.75, 3.05) is 0 Å². The van der Waals surface area contributed by atoms with Crippen LogP contribution in [0.15, 0.2) is 12.1 Å². The summed E-state index contributed by atoms with van der Waals surface area (Å²) >= 11 is 11.8. The van der Waals surface area contributed by atoms with E-state index in [0.29, 0.717) is 16.0 Å². The highest BCUT2D eigenvalue weighted by molar-refractivity contribution is 6.42.